The Morgan fingerprint density at radius 2 is 1.50 bits per heavy atom. The number of anilines is 1. The molecule has 2 N–H and O–H groups in total. The van der Waals surface area contributed by atoms with Crippen molar-refractivity contribution in [3.05, 3.63) is 112 Å². The number of benzene rings is 3. The highest BCUT2D eigenvalue weighted by atomic mass is 31.2. The fourth-order valence-electron chi connectivity index (χ4n) is 7.57. The molecule has 1 aliphatic heterocycles. The Bertz CT molecular complexity index is 2280. The van der Waals surface area contributed by atoms with Crippen LogP contribution in [0, 0.1) is 17.2 Å². The van der Waals surface area contributed by atoms with Gasteiger partial charge in [-0.05, 0) is 68.7 Å². The van der Waals surface area contributed by atoms with Crippen LogP contribution in [0.1, 0.15) is 70.9 Å². The van der Waals surface area contributed by atoms with E-state index >= 15 is 0 Å². The second-order valence-electron chi connectivity index (χ2n) is 15.6. The van der Waals surface area contributed by atoms with Crippen molar-refractivity contribution in [2.75, 3.05) is 39.9 Å². The van der Waals surface area contributed by atoms with E-state index in [4.69, 9.17) is 32.7 Å². The van der Waals surface area contributed by atoms with E-state index in [1.54, 1.807) is 39.7 Å². The van der Waals surface area contributed by atoms with Crippen LogP contribution in [0.4, 0.5) is 5.95 Å². The minimum absolute atomic E-state index is 0.0261. The smallest absolute Gasteiger partial charge is 0.280 e. The zero-order valence-corrected chi connectivity index (χ0v) is 37.5. The quantitative estimate of drug-likeness (QED) is 0.0451. The van der Waals surface area contributed by atoms with Gasteiger partial charge >= 0.3 is 0 Å². The normalized spacial score (nSPS) is 18.5. The van der Waals surface area contributed by atoms with Crippen LogP contribution in [0.2, 0.25) is 0 Å². The topological polar surface area (TPSA) is 184 Å². The Balaban J connectivity index is 1.53. The van der Waals surface area contributed by atoms with Gasteiger partial charge in [-0.15, -0.1) is 0 Å². The van der Waals surface area contributed by atoms with Crippen LogP contribution in [-0.4, -0.2) is 95.0 Å². The molecule has 5 unspecified atom stereocenters. The van der Waals surface area contributed by atoms with Crippen molar-refractivity contribution in [1.29, 1.82) is 5.26 Å². The van der Waals surface area contributed by atoms with Gasteiger partial charge in [0.15, 0.2) is 17.4 Å². The molecule has 3 aromatic carbocycles. The number of ether oxygens (including phenoxy) is 5. The number of fused-ring (bicyclic) bond motifs is 1. The third-order valence-electron chi connectivity index (χ3n) is 10.5. The molecule has 5 aromatic rings. The number of nitrogens with one attached hydrogen (secondary N) is 2. The summed E-state index contributed by atoms with van der Waals surface area (Å²) in [5.41, 5.74) is 0.740. The first kappa shape index (κ1) is 46.3. The maximum Gasteiger partial charge on any atom is 0.280 e. The maximum absolute atomic E-state index is 13.4. The number of hydrogen-bond donors (Lipinski definition) is 2. The van der Waals surface area contributed by atoms with E-state index in [1.807, 2.05) is 78.9 Å². The summed E-state index contributed by atoms with van der Waals surface area (Å²) in [6, 6.07) is 27.5. The summed E-state index contributed by atoms with van der Waals surface area (Å²) >= 11 is 0. The van der Waals surface area contributed by atoms with Gasteiger partial charge in [0.1, 0.15) is 35.4 Å². The Morgan fingerprint density at radius 3 is 2.03 bits per heavy atom. The molecule has 16 nitrogen and oxygen atoms in total. The predicted octanol–water partition coefficient (Wildman–Crippen LogP) is 7.31. The van der Waals surface area contributed by atoms with Gasteiger partial charge in [-0.1, -0.05) is 68.4 Å². The first-order chi connectivity index (χ1) is 29.9. The lowest BCUT2D eigenvalue weighted by Gasteiger charge is -2.40. The first-order valence-corrected chi connectivity index (χ1v) is 21.7. The predicted molar refractivity (Wildman–Crippen MR) is 235 cm³/mol. The SMILES string of the molecule is COc1ccc(C(OC2C(COP(OCCC#N)N(C(C)C)C(C)C)OC(n3cnc4c(=O)[nH]c(NC(=O)C(C)C)nc43)C2OC)(c2ccccc2)c2ccc(OC)cc2)cc1. The van der Waals surface area contributed by atoms with E-state index < -0.39 is 44.2 Å². The molecular weight excluding hydrogens is 814 g/mol. The van der Waals surface area contributed by atoms with Crippen LogP contribution in [0.5, 0.6) is 11.5 Å². The average Bonchev–Trinajstić information content (AvgIpc) is 3.85. The molecule has 1 saturated heterocycles. The maximum atomic E-state index is 13.4. The van der Waals surface area contributed by atoms with E-state index in [0.29, 0.717) is 11.5 Å². The van der Waals surface area contributed by atoms with Crippen molar-refractivity contribution >= 4 is 31.5 Å². The van der Waals surface area contributed by atoms with Gasteiger partial charge in [-0.25, -0.2) is 9.65 Å². The Labute approximate surface area is 363 Å². The highest BCUT2D eigenvalue weighted by Gasteiger charge is 2.53. The number of rotatable bonds is 20. The average molecular weight is 870 g/mol. The number of nitriles is 1. The van der Waals surface area contributed by atoms with Crippen molar-refractivity contribution in [2.24, 2.45) is 5.92 Å². The number of methoxy groups -OCH3 is 3. The number of carbonyl (C=O) groups excluding carboxylic acids is 1. The van der Waals surface area contributed by atoms with Gasteiger partial charge in [0.25, 0.3) is 14.1 Å². The van der Waals surface area contributed by atoms with Crippen LogP contribution in [0.3, 0.4) is 0 Å². The second-order valence-corrected chi connectivity index (χ2v) is 17.0. The zero-order valence-electron chi connectivity index (χ0n) is 36.6. The molecule has 0 aliphatic carbocycles. The monoisotopic (exact) mass is 869 g/mol. The molecule has 3 heterocycles. The molecule has 0 saturated carbocycles. The van der Waals surface area contributed by atoms with Gasteiger partial charge in [0.2, 0.25) is 11.9 Å². The van der Waals surface area contributed by atoms with Crippen molar-refractivity contribution in [3.8, 4) is 17.6 Å². The van der Waals surface area contributed by atoms with Crippen molar-refractivity contribution in [2.45, 2.75) is 90.2 Å². The molecule has 1 aliphatic rings. The minimum Gasteiger partial charge on any atom is -0.497 e. The molecule has 0 bridgehead atoms. The number of nitrogens with zero attached hydrogens (tertiary/aromatic N) is 5. The summed E-state index contributed by atoms with van der Waals surface area (Å²) in [6.07, 6.45) is -1.91. The number of amides is 1. The van der Waals surface area contributed by atoms with E-state index in [0.717, 1.165) is 16.7 Å². The highest BCUT2D eigenvalue weighted by Crippen LogP contribution is 2.50. The fourth-order valence-corrected chi connectivity index (χ4v) is 9.19. The Hall–Kier alpha value is -5.24. The van der Waals surface area contributed by atoms with Crippen LogP contribution < -0.4 is 20.3 Å². The number of aromatic amines is 1. The molecule has 330 valence electrons. The summed E-state index contributed by atoms with van der Waals surface area (Å²) < 4.78 is 49.0. The number of imidazole rings is 1. The molecule has 5 atom stereocenters. The summed E-state index contributed by atoms with van der Waals surface area (Å²) in [4.78, 5) is 37.8. The van der Waals surface area contributed by atoms with Crippen LogP contribution in [0.25, 0.3) is 11.2 Å². The van der Waals surface area contributed by atoms with Gasteiger partial charge in [0, 0.05) is 25.1 Å². The standard InChI is InChI=1S/C45H56N7O9P/c1-28(2)41(53)49-44-48-40-37(42(54)50-44)47-27-51(40)43-39(57-9)38(36(60-43)26-59-62(58-25-13-24-46)52(29(3)4)30(5)6)61-45(31-14-11-10-12-15-31,32-16-20-34(55-7)21-17-32)33-18-22-35(56-8)23-19-33/h10-12,14-23,27-30,36,38-39,43H,13,25-26H2,1-9H3,(H2,48,49,50,53,54). The summed E-state index contributed by atoms with van der Waals surface area (Å²) in [5.74, 6) is 0.606. The van der Waals surface area contributed by atoms with Crippen LogP contribution in [-0.2, 0) is 33.7 Å². The summed E-state index contributed by atoms with van der Waals surface area (Å²) in [7, 11) is 3.11. The van der Waals surface area contributed by atoms with Crippen molar-refractivity contribution in [1.82, 2.24) is 24.2 Å². The molecule has 17 heteroatoms. The largest absolute Gasteiger partial charge is 0.497 e. The molecule has 62 heavy (non-hydrogen) atoms. The van der Waals surface area contributed by atoms with Gasteiger partial charge in [-0.3, -0.25) is 24.5 Å². The van der Waals surface area contributed by atoms with Crippen molar-refractivity contribution < 1.29 is 37.5 Å². The highest BCUT2D eigenvalue weighted by molar-refractivity contribution is 7.44. The second kappa shape index (κ2) is 20.8. The third kappa shape index (κ3) is 9.85. The lowest BCUT2D eigenvalue weighted by molar-refractivity contribution is -0.119. The van der Waals surface area contributed by atoms with Gasteiger partial charge in [0.05, 0.1) is 46.3 Å². The fraction of sp³-hybridized carbons (Fsp3) is 0.444. The Morgan fingerprint density at radius 1 is 0.903 bits per heavy atom. The van der Waals surface area contributed by atoms with E-state index in [1.165, 1.54) is 6.33 Å². The molecule has 2 aromatic heterocycles. The number of hydrogen-bond acceptors (Lipinski definition) is 13. The minimum atomic E-state index is -1.69. The first-order valence-electron chi connectivity index (χ1n) is 20.6. The third-order valence-corrected chi connectivity index (χ3v) is 12.6. The van der Waals surface area contributed by atoms with Crippen LogP contribution >= 0.6 is 8.53 Å². The van der Waals surface area contributed by atoms with Gasteiger partial charge in [-0.2, -0.15) is 10.2 Å². The number of carbonyl (C=O) groups is 1. The van der Waals surface area contributed by atoms with E-state index in [9.17, 15) is 14.9 Å². The molecule has 0 radical (unpaired) electrons. The summed E-state index contributed by atoms with van der Waals surface area (Å²) in [6.45, 7) is 11.9. The van der Waals surface area contributed by atoms with Gasteiger partial charge < -0.3 is 32.7 Å². The van der Waals surface area contributed by atoms with E-state index in [-0.39, 0.29) is 60.7 Å². The lowest BCUT2D eigenvalue weighted by Crippen LogP contribution is -2.46. The zero-order chi connectivity index (χ0) is 44.6. The molecule has 1 amide bonds. The molecule has 0 spiro atoms. The molecule has 6 rings (SSSR count). The lowest BCUT2D eigenvalue weighted by atomic mass is 9.79. The van der Waals surface area contributed by atoms with E-state index in [2.05, 4.69) is 58.7 Å². The molecule has 1 fully saturated rings. The Kier molecular flexibility index (Phi) is 15.5. The molecular formula is C45H56N7O9P. The summed E-state index contributed by atoms with van der Waals surface area (Å²) in [5, 5.41) is 12.1. The number of aromatic nitrogens is 4. The number of H-pyrrole nitrogens is 1. The van der Waals surface area contributed by atoms with Crippen molar-refractivity contribution in [3.63, 3.8) is 0 Å². The van der Waals surface area contributed by atoms with Crippen LogP contribution in [0.15, 0.2) is 90.0 Å².